The van der Waals surface area contributed by atoms with E-state index in [9.17, 15) is 30.1 Å². The predicted molar refractivity (Wildman–Crippen MR) is 130 cm³/mol. The number of rotatable bonds is 9. The van der Waals surface area contributed by atoms with Crippen LogP contribution in [0.2, 0.25) is 0 Å². The van der Waals surface area contributed by atoms with Gasteiger partial charge in [-0.3, -0.25) is 30.4 Å². The van der Waals surface area contributed by atoms with Crippen molar-refractivity contribution < 1.29 is 19.7 Å². The van der Waals surface area contributed by atoms with Crippen molar-refractivity contribution in [2.75, 3.05) is 5.43 Å². The normalized spacial score (nSPS) is 12.3. The van der Waals surface area contributed by atoms with Crippen LogP contribution in [0.3, 0.4) is 0 Å². The Hall–Kier alpha value is -5.06. The topological polar surface area (TPSA) is 164 Å². The van der Waals surface area contributed by atoms with Crippen molar-refractivity contribution in [3.63, 3.8) is 0 Å². The third kappa shape index (κ3) is 4.98. The van der Waals surface area contributed by atoms with Crippen LogP contribution in [0.1, 0.15) is 23.5 Å². The lowest BCUT2D eigenvalue weighted by Gasteiger charge is -2.15. The second-order valence-corrected chi connectivity index (χ2v) is 7.64. The summed E-state index contributed by atoms with van der Waals surface area (Å²) in [7, 11) is 0. The minimum absolute atomic E-state index is 0.0189. The number of para-hydroxylation sites is 1. The van der Waals surface area contributed by atoms with E-state index in [1.807, 2.05) is 24.3 Å². The Morgan fingerprint density at radius 3 is 2.40 bits per heavy atom. The lowest BCUT2D eigenvalue weighted by atomic mass is 9.91. The van der Waals surface area contributed by atoms with Crippen molar-refractivity contribution >= 4 is 39.6 Å². The summed E-state index contributed by atoms with van der Waals surface area (Å²) in [6, 6.07) is 19.3. The van der Waals surface area contributed by atoms with E-state index in [2.05, 4.69) is 15.5 Å². The molecule has 0 aliphatic carbocycles. The summed E-state index contributed by atoms with van der Waals surface area (Å²) in [6.07, 6.45) is 1.63. The van der Waals surface area contributed by atoms with Crippen molar-refractivity contribution in [2.45, 2.75) is 12.3 Å². The molecule has 35 heavy (non-hydrogen) atoms. The van der Waals surface area contributed by atoms with E-state index in [0.717, 1.165) is 23.0 Å². The maximum atomic E-state index is 12.3. The Morgan fingerprint density at radius 2 is 1.71 bits per heavy atom. The molecule has 0 aliphatic heterocycles. The minimum Gasteiger partial charge on any atom is -0.481 e. The number of carboxylic acid groups (broad SMARTS) is 1. The number of nitro benzene ring substituents is 2. The SMILES string of the molecule is O=C(O)C(C/C(=N/Nc1ccc([N+](=O)[O-])cc1[N+](=O)[O-])c1ccccc1)c1c[nH]c2ccccc12. The van der Waals surface area contributed by atoms with Gasteiger partial charge in [0.25, 0.3) is 5.69 Å². The highest BCUT2D eigenvalue weighted by atomic mass is 16.6. The molecule has 3 aromatic carbocycles. The fourth-order valence-corrected chi connectivity index (χ4v) is 3.77. The van der Waals surface area contributed by atoms with Crippen molar-refractivity contribution in [1.82, 2.24) is 4.98 Å². The van der Waals surface area contributed by atoms with Crippen LogP contribution in [0, 0.1) is 20.2 Å². The fourth-order valence-electron chi connectivity index (χ4n) is 3.77. The van der Waals surface area contributed by atoms with Gasteiger partial charge in [-0.1, -0.05) is 48.5 Å². The number of nitrogens with one attached hydrogen (secondary N) is 2. The summed E-state index contributed by atoms with van der Waals surface area (Å²) in [5.41, 5.74) is 3.93. The number of hydrogen-bond donors (Lipinski definition) is 3. The molecular formula is C24H19N5O6. The minimum atomic E-state index is -1.06. The predicted octanol–water partition coefficient (Wildman–Crippen LogP) is 5.06. The smallest absolute Gasteiger partial charge is 0.311 e. The summed E-state index contributed by atoms with van der Waals surface area (Å²) in [4.78, 5) is 36.4. The summed E-state index contributed by atoms with van der Waals surface area (Å²) in [6.45, 7) is 0. The number of hydrogen-bond acceptors (Lipinski definition) is 7. The number of aromatic amines is 1. The van der Waals surface area contributed by atoms with E-state index in [4.69, 9.17) is 0 Å². The van der Waals surface area contributed by atoms with Crippen LogP contribution in [-0.4, -0.2) is 31.6 Å². The molecule has 0 amide bonds. The standard InChI is InChI=1S/C24H19N5O6/c30-24(31)18(19-14-25-20-9-5-4-8-17(19)20)13-22(15-6-2-1-3-7-15)27-26-21-11-10-16(28(32)33)12-23(21)29(34)35/h1-12,14,18,25-26H,13H2,(H,30,31)/b27-22-. The maximum absolute atomic E-state index is 12.3. The summed E-state index contributed by atoms with van der Waals surface area (Å²) in [5.74, 6) is -2.02. The van der Waals surface area contributed by atoms with Crippen LogP contribution in [-0.2, 0) is 4.79 Å². The third-order valence-corrected chi connectivity index (χ3v) is 5.50. The number of benzene rings is 3. The van der Waals surface area contributed by atoms with Crippen molar-refractivity contribution in [1.29, 1.82) is 0 Å². The molecule has 1 aromatic heterocycles. The van der Waals surface area contributed by atoms with Gasteiger partial charge >= 0.3 is 11.7 Å². The van der Waals surface area contributed by atoms with Gasteiger partial charge in [-0.15, -0.1) is 0 Å². The molecule has 0 bridgehead atoms. The lowest BCUT2D eigenvalue weighted by molar-refractivity contribution is -0.393. The molecule has 3 N–H and O–H groups in total. The van der Waals surface area contributed by atoms with Gasteiger partial charge in [0.1, 0.15) is 5.69 Å². The molecule has 0 saturated carbocycles. The number of H-pyrrole nitrogens is 1. The quantitative estimate of drug-likeness (QED) is 0.174. The van der Waals surface area contributed by atoms with Crippen molar-refractivity contribution in [3.05, 3.63) is 110 Å². The molecule has 176 valence electrons. The van der Waals surface area contributed by atoms with Gasteiger partial charge in [-0.05, 0) is 23.3 Å². The third-order valence-electron chi connectivity index (χ3n) is 5.50. The van der Waals surface area contributed by atoms with Gasteiger partial charge in [-0.25, -0.2) is 0 Å². The average Bonchev–Trinajstić information content (AvgIpc) is 3.28. The van der Waals surface area contributed by atoms with E-state index in [0.29, 0.717) is 16.8 Å². The highest BCUT2D eigenvalue weighted by Crippen LogP contribution is 2.31. The maximum Gasteiger partial charge on any atom is 0.311 e. The van der Waals surface area contributed by atoms with Crippen LogP contribution in [0.5, 0.6) is 0 Å². The van der Waals surface area contributed by atoms with Gasteiger partial charge in [0.15, 0.2) is 0 Å². The number of nitrogens with zero attached hydrogens (tertiary/aromatic N) is 3. The Labute approximate surface area is 198 Å². The Kier molecular flexibility index (Phi) is 6.49. The number of carbonyl (C=O) groups is 1. The first-order valence-electron chi connectivity index (χ1n) is 10.4. The summed E-state index contributed by atoms with van der Waals surface area (Å²) < 4.78 is 0. The first kappa shape index (κ1) is 23.1. The van der Waals surface area contributed by atoms with Crippen LogP contribution in [0.4, 0.5) is 17.1 Å². The number of hydrazone groups is 1. The van der Waals surface area contributed by atoms with E-state index in [-0.39, 0.29) is 12.1 Å². The number of anilines is 1. The molecule has 0 spiro atoms. The number of aliphatic carboxylic acids is 1. The van der Waals surface area contributed by atoms with Crippen molar-refractivity contribution in [3.8, 4) is 0 Å². The Morgan fingerprint density at radius 1 is 1.00 bits per heavy atom. The lowest BCUT2D eigenvalue weighted by Crippen LogP contribution is -2.18. The highest BCUT2D eigenvalue weighted by Gasteiger charge is 2.26. The molecule has 0 saturated heterocycles. The van der Waals surface area contributed by atoms with Gasteiger partial charge in [-0.2, -0.15) is 5.10 Å². The molecule has 4 rings (SSSR count). The molecule has 0 aliphatic rings. The number of aromatic nitrogens is 1. The first-order valence-corrected chi connectivity index (χ1v) is 10.4. The largest absolute Gasteiger partial charge is 0.481 e. The van der Waals surface area contributed by atoms with Gasteiger partial charge in [0, 0.05) is 29.6 Å². The van der Waals surface area contributed by atoms with Gasteiger partial charge in [0.2, 0.25) is 0 Å². The van der Waals surface area contributed by atoms with Crippen LogP contribution >= 0.6 is 0 Å². The summed E-state index contributed by atoms with van der Waals surface area (Å²) >= 11 is 0. The highest BCUT2D eigenvalue weighted by molar-refractivity contribution is 6.04. The zero-order chi connectivity index (χ0) is 24.9. The zero-order valence-corrected chi connectivity index (χ0v) is 18.1. The van der Waals surface area contributed by atoms with Gasteiger partial charge in [0.05, 0.1) is 27.5 Å². The molecule has 11 nitrogen and oxygen atoms in total. The van der Waals surface area contributed by atoms with Crippen LogP contribution < -0.4 is 5.43 Å². The molecule has 1 heterocycles. The molecule has 4 aromatic rings. The van der Waals surface area contributed by atoms with E-state index < -0.39 is 33.1 Å². The number of carboxylic acids is 1. The van der Waals surface area contributed by atoms with Gasteiger partial charge < -0.3 is 10.1 Å². The fraction of sp³-hybridized carbons (Fsp3) is 0.0833. The Balaban J connectivity index is 1.74. The van der Waals surface area contributed by atoms with Crippen LogP contribution in [0.15, 0.2) is 84.1 Å². The first-order chi connectivity index (χ1) is 16.8. The molecule has 0 fully saturated rings. The van der Waals surface area contributed by atoms with E-state index in [1.54, 1.807) is 36.5 Å². The zero-order valence-electron chi connectivity index (χ0n) is 18.1. The monoisotopic (exact) mass is 473 g/mol. The summed E-state index contributed by atoms with van der Waals surface area (Å²) in [5, 5.41) is 37.6. The molecule has 1 atom stereocenters. The number of nitro groups is 2. The molecule has 1 unspecified atom stereocenters. The number of non-ortho nitro benzene ring substituents is 1. The van der Waals surface area contributed by atoms with E-state index in [1.165, 1.54) is 6.07 Å². The molecule has 0 radical (unpaired) electrons. The molecular weight excluding hydrogens is 454 g/mol. The molecule has 11 heteroatoms. The second-order valence-electron chi connectivity index (χ2n) is 7.64. The van der Waals surface area contributed by atoms with Crippen LogP contribution in [0.25, 0.3) is 10.9 Å². The van der Waals surface area contributed by atoms with Crippen molar-refractivity contribution in [2.24, 2.45) is 5.10 Å². The number of fused-ring (bicyclic) bond motifs is 1. The average molecular weight is 473 g/mol. The Bertz CT molecular complexity index is 1450. The second kappa shape index (κ2) is 9.83. The van der Waals surface area contributed by atoms with E-state index >= 15 is 0 Å².